The second-order valence-electron chi connectivity index (χ2n) is 3.89. The van der Waals surface area contributed by atoms with Crippen molar-refractivity contribution >= 4 is 18.2 Å². The van der Waals surface area contributed by atoms with Gasteiger partial charge in [0.1, 0.15) is 18.3 Å². The van der Waals surface area contributed by atoms with E-state index in [0.717, 1.165) is 0 Å². The molecule has 7 N–H and O–H groups in total. The first-order valence-corrected chi connectivity index (χ1v) is 5.34. The molecular formula is C9H15N3O7. The van der Waals surface area contributed by atoms with E-state index in [1.165, 1.54) is 0 Å². The molecule has 1 unspecified atom stereocenters. The molecule has 1 rings (SSSR count). The molecule has 0 aliphatic carbocycles. The number of nitrogens with one attached hydrogen (secondary N) is 2. The third-order valence-electron chi connectivity index (χ3n) is 2.61. The minimum atomic E-state index is -1.63. The number of rotatable bonds is 6. The summed E-state index contributed by atoms with van der Waals surface area (Å²) < 4.78 is 4.96. The lowest BCUT2D eigenvalue weighted by atomic mass is 10.1. The Morgan fingerprint density at radius 1 is 1.37 bits per heavy atom. The highest BCUT2D eigenvalue weighted by molar-refractivity contribution is 6.05. The summed E-state index contributed by atoms with van der Waals surface area (Å²) in [7, 11) is 0. The topological polar surface area (TPSA) is 171 Å². The number of carbonyl (C=O) groups is 3. The van der Waals surface area contributed by atoms with Crippen LogP contribution in [-0.2, 0) is 19.1 Å². The molecule has 3 amide bonds. The Morgan fingerprint density at radius 2 is 2.00 bits per heavy atom. The zero-order chi connectivity index (χ0) is 14.6. The Balaban J connectivity index is 2.66. The number of ether oxygens (including phenoxy) is 1. The highest BCUT2D eigenvalue weighted by Gasteiger charge is 2.43. The molecule has 1 heterocycles. The average Bonchev–Trinajstić information content (AvgIpc) is 2.63. The smallest absolute Gasteiger partial charge is 0.254 e. The maximum absolute atomic E-state index is 11.6. The molecule has 1 aliphatic rings. The molecule has 0 bridgehead atoms. The predicted octanol–water partition coefficient (Wildman–Crippen LogP) is -4.86. The Hall–Kier alpha value is -1.75. The van der Waals surface area contributed by atoms with Crippen LogP contribution in [0.5, 0.6) is 0 Å². The summed E-state index contributed by atoms with van der Waals surface area (Å²) >= 11 is 0. The van der Waals surface area contributed by atoms with E-state index in [9.17, 15) is 24.6 Å². The van der Waals surface area contributed by atoms with Crippen molar-refractivity contribution in [2.75, 3.05) is 6.61 Å². The van der Waals surface area contributed by atoms with Crippen molar-refractivity contribution in [1.29, 1.82) is 0 Å². The van der Waals surface area contributed by atoms with E-state index in [-0.39, 0.29) is 6.41 Å². The predicted molar refractivity (Wildman–Crippen MR) is 58.1 cm³/mol. The highest BCUT2D eigenvalue weighted by atomic mass is 16.6. The van der Waals surface area contributed by atoms with Crippen LogP contribution < -0.4 is 16.4 Å². The Morgan fingerprint density at radius 3 is 2.42 bits per heavy atom. The molecule has 0 aromatic carbocycles. The van der Waals surface area contributed by atoms with Gasteiger partial charge in [0.05, 0.1) is 6.61 Å². The van der Waals surface area contributed by atoms with Gasteiger partial charge in [-0.25, -0.2) is 0 Å². The monoisotopic (exact) mass is 277 g/mol. The van der Waals surface area contributed by atoms with Gasteiger partial charge in [0.15, 0.2) is 12.3 Å². The number of hydrogen-bond acceptors (Lipinski definition) is 7. The minimum absolute atomic E-state index is 0.117. The van der Waals surface area contributed by atoms with E-state index in [4.69, 9.17) is 15.6 Å². The maximum Gasteiger partial charge on any atom is 0.254 e. The van der Waals surface area contributed by atoms with E-state index in [1.54, 1.807) is 0 Å². The van der Waals surface area contributed by atoms with Gasteiger partial charge in [0.2, 0.25) is 12.3 Å². The first kappa shape index (κ1) is 15.3. The molecule has 5 atom stereocenters. The molecule has 108 valence electrons. The van der Waals surface area contributed by atoms with Crippen molar-refractivity contribution in [3.63, 3.8) is 0 Å². The summed E-state index contributed by atoms with van der Waals surface area (Å²) in [6.45, 7) is -0.559. The van der Waals surface area contributed by atoms with E-state index >= 15 is 0 Å². The quantitative estimate of drug-likeness (QED) is 0.209. The summed E-state index contributed by atoms with van der Waals surface area (Å²) in [5, 5.41) is 31.8. The normalized spacial score (nSPS) is 31.5. The Kier molecular flexibility index (Phi) is 5.18. The fourth-order valence-corrected chi connectivity index (χ4v) is 1.60. The lowest BCUT2D eigenvalue weighted by molar-refractivity contribution is -0.136. The summed E-state index contributed by atoms with van der Waals surface area (Å²) in [6, 6.07) is -1.63. The number of hydrogen-bond donors (Lipinski definition) is 6. The Labute approximate surface area is 107 Å². The van der Waals surface area contributed by atoms with Crippen molar-refractivity contribution in [3.05, 3.63) is 0 Å². The van der Waals surface area contributed by atoms with Gasteiger partial charge < -0.3 is 36.4 Å². The van der Waals surface area contributed by atoms with Crippen molar-refractivity contribution in [1.82, 2.24) is 10.6 Å². The second kappa shape index (κ2) is 6.43. The highest BCUT2D eigenvalue weighted by Crippen LogP contribution is 2.19. The fraction of sp³-hybridized carbons (Fsp3) is 0.667. The standard InChI is InChI=1S/C9H15N3O7/c10-7(17)4(11-2-14)8(18)12-9-6(16)5(15)3(1-13)19-9/h2-6,9,13,15-16H,1H2,(H2,10,17)(H,11,14)(H,12,18)/t3-,4?,5-,6-,9-/m1/s1. The summed E-state index contributed by atoms with van der Waals surface area (Å²) in [6.07, 6.45) is -5.14. The lowest BCUT2D eigenvalue weighted by Gasteiger charge is -2.19. The summed E-state index contributed by atoms with van der Waals surface area (Å²) in [4.78, 5) is 32.8. The first-order valence-electron chi connectivity index (χ1n) is 5.34. The van der Waals surface area contributed by atoms with E-state index < -0.39 is 49.0 Å². The van der Waals surface area contributed by atoms with Gasteiger partial charge in [-0.3, -0.25) is 14.4 Å². The van der Waals surface area contributed by atoms with Gasteiger partial charge >= 0.3 is 0 Å². The van der Waals surface area contributed by atoms with Crippen LogP contribution in [-0.4, -0.2) is 70.7 Å². The molecule has 0 saturated carbocycles. The molecule has 0 radical (unpaired) electrons. The van der Waals surface area contributed by atoms with Crippen molar-refractivity contribution < 1.29 is 34.4 Å². The van der Waals surface area contributed by atoms with Crippen molar-refractivity contribution in [2.24, 2.45) is 5.73 Å². The SMILES string of the molecule is NC(=O)C(NC=O)C(=O)N[C@@H]1O[C@H](CO)[C@@H](O)[C@H]1O. The van der Waals surface area contributed by atoms with Gasteiger partial charge in [-0.05, 0) is 0 Å². The van der Waals surface area contributed by atoms with Crippen molar-refractivity contribution in [3.8, 4) is 0 Å². The Bertz CT molecular complexity index is 364. The molecule has 1 saturated heterocycles. The summed E-state index contributed by atoms with van der Waals surface area (Å²) in [5.74, 6) is -2.11. The molecule has 10 heteroatoms. The van der Waals surface area contributed by atoms with Gasteiger partial charge in [0, 0.05) is 0 Å². The van der Waals surface area contributed by atoms with Crippen LogP contribution in [0.15, 0.2) is 0 Å². The van der Waals surface area contributed by atoms with E-state index in [0.29, 0.717) is 0 Å². The second-order valence-corrected chi connectivity index (χ2v) is 3.89. The first-order chi connectivity index (χ1) is 8.92. The van der Waals surface area contributed by atoms with Crippen LogP contribution >= 0.6 is 0 Å². The molecule has 1 aliphatic heterocycles. The largest absolute Gasteiger partial charge is 0.394 e. The lowest BCUT2D eigenvalue weighted by Crippen LogP contribution is -2.55. The summed E-state index contributed by atoms with van der Waals surface area (Å²) in [5.41, 5.74) is 4.90. The van der Waals surface area contributed by atoms with Crippen LogP contribution in [0.1, 0.15) is 0 Å². The van der Waals surface area contributed by atoms with E-state index in [1.807, 2.05) is 5.32 Å². The van der Waals surface area contributed by atoms with Crippen LogP contribution in [0, 0.1) is 0 Å². The van der Waals surface area contributed by atoms with Crippen LogP contribution in [0.25, 0.3) is 0 Å². The van der Waals surface area contributed by atoms with Gasteiger partial charge in [-0.1, -0.05) is 0 Å². The number of amides is 3. The average molecular weight is 277 g/mol. The van der Waals surface area contributed by atoms with Crippen molar-refractivity contribution in [2.45, 2.75) is 30.6 Å². The van der Waals surface area contributed by atoms with E-state index in [2.05, 4.69) is 5.32 Å². The molecular weight excluding hydrogens is 262 g/mol. The van der Waals surface area contributed by atoms with Gasteiger partial charge in [0.25, 0.3) is 5.91 Å². The molecule has 19 heavy (non-hydrogen) atoms. The number of nitrogens with two attached hydrogens (primary N) is 1. The zero-order valence-corrected chi connectivity index (χ0v) is 9.72. The molecule has 10 nitrogen and oxygen atoms in total. The molecule has 1 fully saturated rings. The number of carbonyl (C=O) groups excluding carboxylic acids is 3. The third kappa shape index (κ3) is 3.38. The third-order valence-corrected chi connectivity index (χ3v) is 2.61. The zero-order valence-electron chi connectivity index (χ0n) is 9.72. The molecule has 0 aromatic rings. The minimum Gasteiger partial charge on any atom is -0.394 e. The molecule has 0 spiro atoms. The maximum atomic E-state index is 11.6. The van der Waals surface area contributed by atoms with Gasteiger partial charge in [-0.15, -0.1) is 0 Å². The van der Waals surface area contributed by atoms with Crippen LogP contribution in [0.2, 0.25) is 0 Å². The van der Waals surface area contributed by atoms with Gasteiger partial charge in [-0.2, -0.15) is 0 Å². The van der Waals surface area contributed by atoms with Crippen LogP contribution in [0.3, 0.4) is 0 Å². The number of primary amides is 1. The van der Waals surface area contributed by atoms with Crippen LogP contribution in [0.4, 0.5) is 0 Å². The molecule has 0 aromatic heterocycles. The number of aliphatic hydroxyl groups is 3. The fourth-order valence-electron chi connectivity index (χ4n) is 1.60. The number of aliphatic hydroxyl groups excluding tert-OH is 3.